The van der Waals surface area contributed by atoms with Crippen molar-refractivity contribution in [1.82, 2.24) is 4.98 Å². The summed E-state index contributed by atoms with van der Waals surface area (Å²) in [4.78, 5) is 3.68. The van der Waals surface area contributed by atoms with Crippen LogP contribution in [0.15, 0.2) is 42.5 Å². The zero-order valence-corrected chi connectivity index (χ0v) is 9.85. The van der Waals surface area contributed by atoms with Gasteiger partial charge in [0.05, 0.1) is 0 Å². The SMILES string of the molecule is CC(C)c1ccccc1Oc1cccc(F)n1. The van der Waals surface area contributed by atoms with Crippen LogP contribution in [0.25, 0.3) is 0 Å². The number of pyridine rings is 1. The second-order valence-electron chi connectivity index (χ2n) is 4.09. The molecule has 0 aliphatic rings. The van der Waals surface area contributed by atoms with E-state index in [1.165, 1.54) is 6.07 Å². The highest BCUT2D eigenvalue weighted by Crippen LogP contribution is 2.29. The van der Waals surface area contributed by atoms with E-state index in [2.05, 4.69) is 18.8 Å². The lowest BCUT2D eigenvalue weighted by atomic mass is 10.0. The molecule has 0 fully saturated rings. The molecule has 2 rings (SSSR count). The van der Waals surface area contributed by atoms with Gasteiger partial charge in [0.2, 0.25) is 11.8 Å². The highest BCUT2D eigenvalue weighted by molar-refractivity contribution is 5.37. The normalized spacial score (nSPS) is 10.6. The van der Waals surface area contributed by atoms with Gasteiger partial charge in [-0.15, -0.1) is 0 Å². The van der Waals surface area contributed by atoms with E-state index >= 15 is 0 Å². The van der Waals surface area contributed by atoms with Crippen molar-refractivity contribution in [3.05, 3.63) is 54.0 Å². The smallest absolute Gasteiger partial charge is 0.221 e. The first-order valence-electron chi connectivity index (χ1n) is 5.56. The predicted molar refractivity (Wildman–Crippen MR) is 64.8 cm³/mol. The van der Waals surface area contributed by atoms with E-state index in [4.69, 9.17) is 4.74 Å². The predicted octanol–water partition coefficient (Wildman–Crippen LogP) is 4.14. The minimum absolute atomic E-state index is 0.276. The lowest BCUT2D eigenvalue weighted by molar-refractivity contribution is 0.438. The largest absolute Gasteiger partial charge is 0.439 e. The Morgan fingerprint density at radius 1 is 1.06 bits per heavy atom. The summed E-state index contributed by atoms with van der Waals surface area (Å²) < 4.78 is 18.5. The molecule has 1 aromatic heterocycles. The third-order valence-corrected chi connectivity index (χ3v) is 2.45. The number of para-hydroxylation sites is 1. The summed E-state index contributed by atoms with van der Waals surface area (Å²) in [5.74, 6) is 0.808. The fraction of sp³-hybridized carbons (Fsp3) is 0.214. The Balaban J connectivity index is 2.30. The van der Waals surface area contributed by atoms with Crippen molar-refractivity contribution in [3.63, 3.8) is 0 Å². The molecule has 0 atom stereocenters. The van der Waals surface area contributed by atoms with Crippen molar-refractivity contribution in [3.8, 4) is 11.6 Å². The zero-order chi connectivity index (χ0) is 12.3. The molecule has 0 bridgehead atoms. The van der Waals surface area contributed by atoms with Crippen molar-refractivity contribution < 1.29 is 9.13 Å². The Hall–Kier alpha value is -1.90. The summed E-state index contributed by atoms with van der Waals surface area (Å²) in [7, 11) is 0. The monoisotopic (exact) mass is 231 g/mol. The van der Waals surface area contributed by atoms with Crippen LogP contribution >= 0.6 is 0 Å². The Kier molecular flexibility index (Phi) is 3.38. The summed E-state index contributed by atoms with van der Waals surface area (Å²) in [6.45, 7) is 4.17. The summed E-state index contributed by atoms with van der Waals surface area (Å²) in [6, 6.07) is 12.2. The molecule has 1 aromatic carbocycles. The third-order valence-electron chi connectivity index (χ3n) is 2.45. The molecule has 2 nitrogen and oxygen atoms in total. The number of halogens is 1. The topological polar surface area (TPSA) is 22.1 Å². The molecular formula is C14H14FNO. The first-order chi connectivity index (χ1) is 8.16. The second-order valence-corrected chi connectivity index (χ2v) is 4.09. The Labute approximate surface area is 100 Å². The molecular weight excluding hydrogens is 217 g/mol. The fourth-order valence-corrected chi connectivity index (χ4v) is 1.61. The number of nitrogens with zero attached hydrogens (tertiary/aromatic N) is 1. The lowest BCUT2D eigenvalue weighted by Gasteiger charge is -2.12. The summed E-state index contributed by atoms with van der Waals surface area (Å²) in [5, 5.41) is 0. The minimum Gasteiger partial charge on any atom is -0.439 e. The molecule has 0 amide bonds. The van der Waals surface area contributed by atoms with Crippen LogP contribution in [0.4, 0.5) is 4.39 Å². The van der Waals surface area contributed by atoms with Crippen LogP contribution in [-0.2, 0) is 0 Å². The zero-order valence-electron chi connectivity index (χ0n) is 9.85. The molecule has 1 heterocycles. The van der Waals surface area contributed by atoms with Crippen LogP contribution < -0.4 is 4.74 Å². The summed E-state index contributed by atoms with van der Waals surface area (Å²) in [5.41, 5.74) is 1.08. The van der Waals surface area contributed by atoms with E-state index in [0.717, 1.165) is 11.3 Å². The first-order valence-corrected chi connectivity index (χ1v) is 5.56. The van der Waals surface area contributed by atoms with Gasteiger partial charge in [-0.2, -0.15) is 9.37 Å². The Morgan fingerprint density at radius 2 is 1.82 bits per heavy atom. The molecule has 0 aliphatic carbocycles. The number of hydrogen-bond donors (Lipinski definition) is 0. The van der Waals surface area contributed by atoms with Crippen molar-refractivity contribution in [2.45, 2.75) is 19.8 Å². The molecule has 0 spiro atoms. The molecule has 0 saturated heterocycles. The van der Waals surface area contributed by atoms with Gasteiger partial charge < -0.3 is 4.74 Å². The minimum atomic E-state index is -0.537. The number of aromatic nitrogens is 1. The van der Waals surface area contributed by atoms with Gasteiger partial charge in [-0.05, 0) is 23.6 Å². The quantitative estimate of drug-likeness (QED) is 0.741. The highest BCUT2D eigenvalue weighted by Gasteiger charge is 2.08. The molecule has 0 saturated carbocycles. The van der Waals surface area contributed by atoms with E-state index in [-0.39, 0.29) is 5.88 Å². The van der Waals surface area contributed by atoms with Crippen molar-refractivity contribution in [1.29, 1.82) is 0 Å². The molecule has 0 radical (unpaired) electrons. The van der Waals surface area contributed by atoms with E-state index in [1.807, 2.05) is 24.3 Å². The second kappa shape index (κ2) is 4.95. The van der Waals surface area contributed by atoms with Crippen LogP contribution in [0.2, 0.25) is 0 Å². The van der Waals surface area contributed by atoms with E-state index in [1.54, 1.807) is 12.1 Å². The van der Waals surface area contributed by atoms with E-state index in [9.17, 15) is 4.39 Å². The molecule has 17 heavy (non-hydrogen) atoms. The highest BCUT2D eigenvalue weighted by atomic mass is 19.1. The van der Waals surface area contributed by atoms with Gasteiger partial charge in [-0.1, -0.05) is 38.1 Å². The van der Waals surface area contributed by atoms with Crippen LogP contribution in [0.1, 0.15) is 25.3 Å². The van der Waals surface area contributed by atoms with Crippen LogP contribution in [0.5, 0.6) is 11.6 Å². The first kappa shape index (κ1) is 11.6. The van der Waals surface area contributed by atoms with Gasteiger partial charge in [0.25, 0.3) is 0 Å². The summed E-state index contributed by atoms with van der Waals surface area (Å²) >= 11 is 0. The molecule has 0 aliphatic heterocycles. The van der Waals surface area contributed by atoms with Gasteiger partial charge in [0.1, 0.15) is 5.75 Å². The van der Waals surface area contributed by atoms with Crippen LogP contribution in [0.3, 0.4) is 0 Å². The van der Waals surface area contributed by atoms with Gasteiger partial charge in [0.15, 0.2) is 0 Å². The Bertz CT molecular complexity index is 511. The standard InChI is InChI=1S/C14H14FNO/c1-10(2)11-6-3-4-7-12(11)17-14-9-5-8-13(15)16-14/h3-10H,1-2H3. The van der Waals surface area contributed by atoms with Gasteiger partial charge in [0, 0.05) is 6.07 Å². The number of rotatable bonds is 3. The maximum absolute atomic E-state index is 12.9. The van der Waals surface area contributed by atoms with Gasteiger partial charge in [-0.25, -0.2) is 0 Å². The van der Waals surface area contributed by atoms with Crippen molar-refractivity contribution in [2.75, 3.05) is 0 Å². The average Bonchev–Trinajstić information content (AvgIpc) is 2.29. The maximum atomic E-state index is 12.9. The molecule has 0 unspecified atom stereocenters. The lowest BCUT2D eigenvalue weighted by Crippen LogP contribution is -1.95. The number of hydrogen-bond acceptors (Lipinski definition) is 2. The molecule has 2 aromatic rings. The molecule has 0 N–H and O–H groups in total. The number of ether oxygens (including phenoxy) is 1. The van der Waals surface area contributed by atoms with E-state index in [0.29, 0.717) is 5.92 Å². The van der Waals surface area contributed by atoms with Gasteiger partial charge in [-0.3, -0.25) is 0 Å². The van der Waals surface area contributed by atoms with Crippen LogP contribution in [0, 0.1) is 5.95 Å². The van der Waals surface area contributed by atoms with Crippen LogP contribution in [-0.4, -0.2) is 4.98 Å². The fourth-order valence-electron chi connectivity index (χ4n) is 1.61. The van der Waals surface area contributed by atoms with Gasteiger partial charge >= 0.3 is 0 Å². The molecule has 3 heteroatoms. The number of benzene rings is 1. The summed E-state index contributed by atoms with van der Waals surface area (Å²) in [6.07, 6.45) is 0. The van der Waals surface area contributed by atoms with E-state index < -0.39 is 5.95 Å². The Morgan fingerprint density at radius 3 is 2.53 bits per heavy atom. The molecule has 88 valence electrons. The maximum Gasteiger partial charge on any atom is 0.221 e. The third kappa shape index (κ3) is 2.81. The van der Waals surface area contributed by atoms with Crippen molar-refractivity contribution >= 4 is 0 Å². The average molecular weight is 231 g/mol. The van der Waals surface area contributed by atoms with Crippen molar-refractivity contribution in [2.24, 2.45) is 0 Å².